The molecular formula is C20H24FN5O3. The Morgan fingerprint density at radius 3 is 2.90 bits per heavy atom. The third-order valence-corrected chi connectivity index (χ3v) is 4.77. The van der Waals surface area contributed by atoms with Gasteiger partial charge >= 0.3 is 0 Å². The highest BCUT2D eigenvalue weighted by atomic mass is 19.1. The Morgan fingerprint density at radius 1 is 1.24 bits per heavy atom. The molecule has 0 radical (unpaired) electrons. The molecule has 0 amide bonds. The van der Waals surface area contributed by atoms with Crippen molar-refractivity contribution in [3.05, 3.63) is 35.3 Å². The summed E-state index contributed by atoms with van der Waals surface area (Å²) in [7, 11) is 1.80. The zero-order chi connectivity index (χ0) is 20.4. The number of fused-ring (bicyclic) bond motifs is 1. The molecule has 8 nitrogen and oxygen atoms in total. The Labute approximate surface area is 168 Å². The van der Waals surface area contributed by atoms with Gasteiger partial charge in [-0.3, -0.25) is 0 Å². The van der Waals surface area contributed by atoms with E-state index in [9.17, 15) is 5.11 Å². The maximum Gasteiger partial charge on any atom is 0.260 e. The van der Waals surface area contributed by atoms with Gasteiger partial charge in [0.15, 0.2) is 17.4 Å². The smallest absolute Gasteiger partial charge is 0.260 e. The molecule has 0 aromatic carbocycles. The Balaban J connectivity index is 1.79. The van der Waals surface area contributed by atoms with Gasteiger partial charge in [-0.2, -0.15) is 4.98 Å². The van der Waals surface area contributed by atoms with E-state index in [-0.39, 0.29) is 23.0 Å². The third kappa shape index (κ3) is 4.10. The van der Waals surface area contributed by atoms with Crippen LogP contribution in [-0.2, 0) is 0 Å². The van der Waals surface area contributed by atoms with E-state index in [0.717, 1.165) is 11.4 Å². The van der Waals surface area contributed by atoms with E-state index in [2.05, 4.69) is 25.9 Å². The fraction of sp³-hybridized carbons (Fsp3) is 0.400. The minimum absolute atomic E-state index is 0.00278. The summed E-state index contributed by atoms with van der Waals surface area (Å²) in [6.45, 7) is 3.47. The van der Waals surface area contributed by atoms with Crippen molar-refractivity contribution in [2.24, 2.45) is 0 Å². The van der Waals surface area contributed by atoms with E-state index in [0.29, 0.717) is 44.1 Å². The zero-order valence-electron chi connectivity index (χ0n) is 16.4. The van der Waals surface area contributed by atoms with Crippen LogP contribution in [0.25, 0.3) is 5.57 Å². The molecule has 29 heavy (non-hydrogen) atoms. The van der Waals surface area contributed by atoms with Crippen molar-refractivity contribution >= 4 is 22.9 Å². The number of aryl methyl sites for hydroxylation is 1. The van der Waals surface area contributed by atoms with Gasteiger partial charge in [-0.05, 0) is 18.6 Å². The molecule has 0 spiro atoms. The fourth-order valence-corrected chi connectivity index (χ4v) is 3.47. The summed E-state index contributed by atoms with van der Waals surface area (Å²) in [5, 5.41) is 19.3. The number of nitrogens with zero attached hydrogens (tertiary/aromatic N) is 2. The highest BCUT2D eigenvalue weighted by Crippen LogP contribution is 2.42. The second-order valence-corrected chi connectivity index (χ2v) is 6.98. The van der Waals surface area contributed by atoms with Gasteiger partial charge in [0, 0.05) is 44.0 Å². The zero-order valence-corrected chi connectivity index (χ0v) is 16.4. The SMILES string of the molecule is CNc1cc(C)nc(Nc2nc3c(c(C4=CCNC[C@@H](O)C4)c2F)OCCO3)c1. The van der Waals surface area contributed by atoms with Gasteiger partial charge in [0.05, 0.1) is 11.7 Å². The van der Waals surface area contributed by atoms with Crippen LogP contribution in [-0.4, -0.2) is 54.5 Å². The van der Waals surface area contributed by atoms with E-state index in [4.69, 9.17) is 9.47 Å². The van der Waals surface area contributed by atoms with Crippen LogP contribution in [0.5, 0.6) is 11.6 Å². The Morgan fingerprint density at radius 2 is 2.07 bits per heavy atom. The highest BCUT2D eigenvalue weighted by molar-refractivity contribution is 5.77. The lowest BCUT2D eigenvalue weighted by Gasteiger charge is -2.23. The molecule has 154 valence electrons. The molecule has 2 aromatic heterocycles. The number of ether oxygens (including phenoxy) is 2. The lowest BCUT2D eigenvalue weighted by Crippen LogP contribution is -2.24. The number of pyridine rings is 2. The third-order valence-electron chi connectivity index (χ3n) is 4.77. The highest BCUT2D eigenvalue weighted by Gasteiger charge is 2.29. The van der Waals surface area contributed by atoms with E-state index >= 15 is 4.39 Å². The molecule has 0 bridgehead atoms. The van der Waals surface area contributed by atoms with Gasteiger partial charge in [0.2, 0.25) is 0 Å². The number of β-amino-alcohol motifs (C(OH)–C–C–N with tert-alkyl or cyclic N) is 1. The first-order valence-electron chi connectivity index (χ1n) is 9.56. The first-order chi connectivity index (χ1) is 14.0. The molecule has 2 aliphatic heterocycles. The first kappa shape index (κ1) is 19.4. The second kappa shape index (κ2) is 8.22. The number of aliphatic hydroxyl groups is 1. The van der Waals surface area contributed by atoms with Crippen molar-refractivity contribution in [3.8, 4) is 11.6 Å². The van der Waals surface area contributed by atoms with E-state index in [1.807, 2.05) is 19.1 Å². The number of aliphatic hydroxyl groups excluding tert-OH is 1. The van der Waals surface area contributed by atoms with E-state index in [1.54, 1.807) is 13.1 Å². The average molecular weight is 401 g/mol. The standard InChI is InChI=1S/C20H24FN5O3/c1-11-7-13(22-2)9-15(24-11)25-19-17(21)16(12-3-4-23-10-14(27)8-12)18-20(26-19)29-6-5-28-18/h3,7,9,14,23,27H,4-6,8,10H2,1-2H3,(H2,22,24,25,26)/t14-/m0/s1. The van der Waals surface area contributed by atoms with Gasteiger partial charge in [-0.25, -0.2) is 9.37 Å². The Hall–Kier alpha value is -2.91. The summed E-state index contributed by atoms with van der Waals surface area (Å²) in [6, 6.07) is 3.65. The minimum Gasteiger partial charge on any atom is -0.484 e. The van der Waals surface area contributed by atoms with Gasteiger partial charge in [0.25, 0.3) is 5.88 Å². The maximum absolute atomic E-state index is 15.6. The minimum atomic E-state index is -0.621. The van der Waals surface area contributed by atoms with Gasteiger partial charge < -0.3 is 30.5 Å². The number of rotatable bonds is 4. The van der Waals surface area contributed by atoms with Crippen LogP contribution in [0.1, 0.15) is 17.7 Å². The van der Waals surface area contributed by atoms with Crippen LogP contribution in [0.4, 0.5) is 21.7 Å². The Bertz CT molecular complexity index is 950. The van der Waals surface area contributed by atoms with Gasteiger partial charge in [-0.1, -0.05) is 6.08 Å². The van der Waals surface area contributed by atoms with Crippen LogP contribution in [0.2, 0.25) is 0 Å². The van der Waals surface area contributed by atoms with Crippen LogP contribution in [0.3, 0.4) is 0 Å². The molecule has 2 aliphatic rings. The largest absolute Gasteiger partial charge is 0.484 e. The predicted molar refractivity (Wildman–Crippen MR) is 108 cm³/mol. The quantitative estimate of drug-likeness (QED) is 0.619. The van der Waals surface area contributed by atoms with Crippen LogP contribution >= 0.6 is 0 Å². The monoisotopic (exact) mass is 401 g/mol. The summed E-state index contributed by atoms with van der Waals surface area (Å²) < 4.78 is 27.0. The molecule has 0 saturated heterocycles. The average Bonchev–Trinajstić information content (AvgIpc) is 2.92. The molecule has 0 fully saturated rings. The van der Waals surface area contributed by atoms with E-state index in [1.165, 1.54) is 0 Å². The molecule has 4 N–H and O–H groups in total. The Kier molecular flexibility index (Phi) is 5.50. The lowest BCUT2D eigenvalue weighted by molar-refractivity contribution is 0.162. The summed E-state index contributed by atoms with van der Waals surface area (Å²) >= 11 is 0. The molecule has 4 rings (SSSR count). The van der Waals surface area contributed by atoms with Crippen LogP contribution in [0, 0.1) is 12.7 Å². The van der Waals surface area contributed by atoms with Crippen LogP contribution in [0.15, 0.2) is 18.2 Å². The number of halogens is 1. The van der Waals surface area contributed by atoms with Crippen molar-refractivity contribution in [2.75, 3.05) is 44.0 Å². The second-order valence-electron chi connectivity index (χ2n) is 6.98. The summed E-state index contributed by atoms with van der Waals surface area (Å²) in [4.78, 5) is 8.70. The summed E-state index contributed by atoms with van der Waals surface area (Å²) in [6.07, 6.45) is 1.54. The predicted octanol–water partition coefficient (Wildman–Crippen LogP) is 2.22. The number of nitrogens with one attached hydrogen (secondary N) is 3. The number of hydrogen-bond acceptors (Lipinski definition) is 8. The molecule has 0 unspecified atom stereocenters. The molecule has 2 aromatic rings. The van der Waals surface area contributed by atoms with Crippen molar-refractivity contribution in [3.63, 3.8) is 0 Å². The molecule has 9 heteroatoms. The number of anilines is 3. The number of hydrogen-bond donors (Lipinski definition) is 4. The molecule has 0 saturated carbocycles. The topological polar surface area (TPSA) is 101 Å². The van der Waals surface area contributed by atoms with E-state index < -0.39 is 11.9 Å². The van der Waals surface area contributed by atoms with Crippen molar-refractivity contribution < 1.29 is 19.0 Å². The molecule has 0 aliphatic carbocycles. The first-order valence-corrected chi connectivity index (χ1v) is 9.56. The maximum atomic E-state index is 15.6. The fourth-order valence-electron chi connectivity index (χ4n) is 3.47. The van der Waals surface area contributed by atoms with Crippen molar-refractivity contribution in [1.29, 1.82) is 0 Å². The molecule has 1 atom stereocenters. The number of aromatic nitrogens is 2. The van der Waals surface area contributed by atoms with Gasteiger partial charge in [0.1, 0.15) is 19.0 Å². The molecular weight excluding hydrogens is 377 g/mol. The van der Waals surface area contributed by atoms with Crippen molar-refractivity contribution in [2.45, 2.75) is 19.4 Å². The molecule has 4 heterocycles. The van der Waals surface area contributed by atoms with Gasteiger partial charge in [-0.15, -0.1) is 0 Å². The van der Waals surface area contributed by atoms with Crippen LogP contribution < -0.4 is 25.4 Å². The summed E-state index contributed by atoms with van der Waals surface area (Å²) in [5.74, 6) is 0.387. The lowest BCUT2D eigenvalue weighted by atomic mass is 9.99. The normalized spacial score (nSPS) is 18.6. The van der Waals surface area contributed by atoms with Crippen molar-refractivity contribution in [1.82, 2.24) is 15.3 Å². The summed E-state index contributed by atoms with van der Waals surface area (Å²) in [5.41, 5.74) is 2.54.